The highest BCUT2D eigenvalue weighted by molar-refractivity contribution is 9.10. The molecule has 0 saturated carbocycles. The summed E-state index contributed by atoms with van der Waals surface area (Å²) in [4.78, 5) is 0. The van der Waals surface area contributed by atoms with Crippen molar-refractivity contribution in [2.75, 3.05) is 6.61 Å². The molecule has 2 unspecified atom stereocenters. The summed E-state index contributed by atoms with van der Waals surface area (Å²) in [6.07, 6.45) is 1.77. The molecular formula is C11H21BrN4O. The largest absolute Gasteiger partial charge is 0.377 e. The summed E-state index contributed by atoms with van der Waals surface area (Å²) in [5.41, 5.74) is 3.83. The molecule has 3 N–H and O–H groups in total. The van der Waals surface area contributed by atoms with Gasteiger partial charge in [0.1, 0.15) is 0 Å². The van der Waals surface area contributed by atoms with Gasteiger partial charge in [-0.3, -0.25) is 10.5 Å². The maximum absolute atomic E-state index is 5.64. The standard InChI is InChI=1S/C11H21BrN4O/c1-5-17-8(4)10(15-13)11-9(12)6-14-16(11)7(2)3/h6-8,10,15H,5,13H2,1-4H3. The number of rotatable bonds is 6. The highest BCUT2D eigenvalue weighted by Crippen LogP contribution is 2.28. The van der Waals surface area contributed by atoms with Crippen molar-refractivity contribution >= 4 is 15.9 Å². The van der Waals surface area contributed by atoms with E-state index in [1.165, 1.54) is 0 Å². The molecule has 0 aliphatic rings. The van der Waals surface area contributed by atoms with E-state index in [1.807, 2.05) is 18.5 Å². The van der Waals surface area contributed by atoms with E-state index in [-0.39, 0.29) is 18.2 Å². The summed E-state index contributed by atoms with van der Waals surface area (Å²) < 4.78 is 8.50. The zero-order valence-electron chi connectivity index (χ0n) is 10.8. The molecule has 1 aromatic rings. The maximum Gasteiger partial charge on any atom is 0.0899 e. The Bertz CT molecular complexity index is 353. The molecule has 0 amide bonds. The van der Waals surface area contributed by atoms with Crippen LogP contribution < -0.4 is 11.3 Å². The van der Waals surface area contributed by atoms with Crippen LogP contribution in [-0.4, -0.2) is 22.5 Å². The predicted octanol–water partition coefficient (Wildman–Crippen LogP) is 2.16. The Kier molecular flexibility index (Phi) is 5.58. The minimum absolute atomic E-state index is 0.0181. The van der Waals surface area contributed by atoms with E-state index in [0.717, 1.165) is 10.2 Å². The Morgan fingerprint density at radius 1 is 1.53 bits per heavy atom. The van der Waals surface area contributed by atoms with Gasteiger partial charge in [0.2, 0.25) is 0 Å². The lowest BCUT2D eigenvalue weighted by atomic mass is 10.1. The van der Waals surface area contributed by atoms with E-state index in [0.29, 0.717) is 6.61 Å². The second-order valence-corrected chi connectivity index (χ2v) is 5.08. The van der Waals surface area contributed by atoms with Gasteiger partial charge in [-0.2, -0.15) is 5.10 Å². The van der Waals surface area contributed by atoms with Gasteiger partial charge in [0.05, 0.1) is 28.5 Å². The zero-order valence-corrected chi connectivity index (χ0v) is 12.4. The number of nitrogens with two attached hydrogens (primary N) is 1. The predicted molar refractivity (Wildman–Crippen MR) is 71.5 cm³/mol. The summed E-state index contributed by atoms with van der Waals surface area (Å²) >= 11 is 3.51. The molecule has 0 radical (unpaired) electrons. The van der Waals surface area contributed by atoms with E-state index in [4.69, 9.17) is 10.6 Å². The minimum atomic E-state index is -0.0887. The van der Waals surface area contributed by atoms with Crippen LogP contribution in [0.25, 0.3) is 0 Å². The molecular weight excluding hydrogens is 284 g/mol. The number of nitrogens with one attached hydrogen (secondary N) is 1. The molecule has 1 heterocycles. The first-order valence-electron chi connectivity index (χ1n) is 5.83. The first-order chi connectivity index (χ1) is 8.02. The van der Waals surface area contributed by atoms with Crippen LogP contribution in [0.2, 0.25) is 0 Å². The van der Waals surface area contributed by atoms with Crippen LogP contribution >= 0.6 is 15.9 Å². The van der Waals surface area contributed by atoms with Crippen LogP contribution in [0.3, 0.4) is 0 Å². The van der Waals surface area contributed by atoms with Gasteiger partial charge in [0.25, 0.3) is 0 Å². The van der Waals surface area contributed by atoms with Crippen molar-refractivity contribution in [3.63, 3.8) is 0 Å². The third-order valence-electron chi connectivity index (χ3n) is 2.65. The van der Waals surface area contributed by atoms with E-state index in [9.17, 15) is 0 Å². The molecule has 17 heavy (non-hydrogen) atoms. The quantitative estimate of drug-likeness (QED) is 0.624. The monoisotopic (exact) mass is 304 g/mol. The van der Waals surface area contributed by atoms with Crippen LogP contribution in [-0.2, 0) is 4.74 Å². The van der Waals surface area contributed by atoms with E-state index < -0.39 is 0 Å². The number of nitrogens with zero attached hydrogens (tertiary/aromatic N) is 2. The maximum atomic E-state index is 5.64. The van der Waals surface area contributed by atoms with Crippen LogP contribution in [0, 0.1) is 0 Å². The van der Waals surface area contributed by atoms with Crippen LogP contribution in [0.4, 0.5) is 0 Å². The molecule has 6 heteroatoms. The molecule has 5 nitrogen and oxygen atoms in total. The van der Waals surface area contributed by atoms with E-state index in [2.05, 4.69) is 40.3 Å². The number of hydrogen-bond acceptors (Lipinski definition) is 4. The third kappa shape index (κ3) is 3.28. The van der Waals surface area contributed by atoms with Gasteiger partial charge in [0.15, 0.2) is 0 Å². The van der Waals surface area contributed by atoms with Crippen LogP contribution in [0.15, 0.2) is 10.7 Å². The summed E-state index contributed by atoms with van der Waals surface area (Å²) in [6, 6.07) is 0.190. The van der Waals surface area contributed by atoms with Gasteiger partial charge in [-0.1, -0.05) is 0 Å². The molecule has 1 aromatic heterocycles. The smallest absolute Gasteiger partial charge is 0.0899 e. The summed E-state index contributed by atoms with van der Waals surface area (Å²) in [5, 5.41) is 4.35. The lowest BCUT2D eigenvalue weighted by Gasteiger charge is -2.25. The zero-order chi connectivity index (χ0) is 13.0. The molecule has 1 rings (SSSR count). The number of ether oxygens (including phenoxy) is 1. The fraction of sp³-hybridized carbons (Fsp3) is 0.727. The summed E-state index contributed by atoms with van der Waals surface area (Å²) in [7, 11) is 0. The van der Waals surface area contributed by atoms with Crippen molar-refractivity contribution in [3.8, 4) is 0 Å². The lowest BCUT2D eigenvalue weighted by molar-refractivity contribution is 0.0443. The molecule has 0 bridgehead atoms. The van der Waals surface area contributed by atoms with Gasteiger partial charge in [0, 0.05) is 12.6 Å². The first kappa shape index (κ1) is 14.6. The van der Waals surface area contributed by atoms with Crippen molar-refractivity contribution < 1.29 is 4.74 Å². The van der Waals surface area contributed by atoms with Crippen molar-refractivity contribution in [2.45, 2.75) is 45.9 Å². The van der Waals surface area contributed by atoms with Crippen molar-refractivity contribution in [1.29, 1.82) is 0 Å². The Morgan fingerprint density at radius 2 is 2.18 bits per heavy atom. The summed E-state index contributed by atoms with van der Waals surface area (Å²) in [5.74, 6) is 5.64. The molecule has 0 aromatic carbocycles. The highest BCUT2D eigenvalue weighted by Gasteiger charge is 2.25. The molecule has 0 saturated heterocycles. The Balaban J connectivity index is 3.06. The molecule has 0 aliphatic carbocycles. The van der Waals surface area contributed by atoms with Crippen LogP contribution in [0.1, 0.15) is 45.5 Å². The Labute approximate surface area is 111 Å². The van der Waals surface area contributed by atoms with Crippen LogP contribution in [0.5, 0.6) is 0 Å². The Morgan fingerprint density at radius 3 is 2.65 bits per heavy atom. The normalized spacial score (nSPS) is 15.2. The first-order valence-corrected chi connectivity index (χ1v) is 6.62. The van der Waals surface area contributed by atoms with Gasteiger partial charge in [-0.15, -0.1) is 0 Å². The highest BCUT2D eigenvalue weighted by atomic mass is 79.9. The van der Waals surface area contributed by atoms with Crippen molar-refractivity contribution in [2.24, 2.45) is 5.84 Å². The number of hydrogen-bond donors (Lipinski definition) is 2. The van der Waals surface area contributed by atoms with Gasteiger partial charge in [-0.05, 0) is 43.6 Å². The molecule has 0 fully saturated rings. The Hall–Kier alpha value is -0.430. The van der Waals surface area contributed by atoms with Gasteiger partial charge >= 0.3 is 0 Å². The minimum Gasteiger partial charge on any atom is -0.377 e. The van der Waals surface area contributed by atoms with Gasteiger partial charge < -0.3 is 4.74 Å². The van der Waals surface area contributed by atoms with Crippen molar-refractivity contribution in [3.05, 3.63) is 16.4 Å². The summed E-state index contributed by atoms with van der Waals surface area (Å²) in [6.45, 7) is 8.80. The average molecular weight is 305 g/mol. The van der Waals surface area contributed by atoms with Crippen molar-refractivity contribution in [1.82, 2.24) is 15.2 Å². The SMILES string of the molecule is CCOC(C)C(NN)c1c(Br)cnn1C(C)C. The lowest BCUT2D eigenvalue weighted by Crippen LogP contribution is -2.38. The second kappa shape index (κ2) is 6.49. The molecule has 98 valence electrons. The number of hydrazine groups is 1. The fourth-order valence-electron chi connectivity index (χ4n) is 1.85. The van der Waals surface area contributed by atoms with Gasteiger partial charge in [-0.25, -0.2) is 5.43 Å². The topological polar surface area (TPSA) is 65.1 Å². The average Bonchev–Trinajstić information content (AvgIpc) is 2.63. The third-order valence-corrected chi connectivity index (χ3v) is 3.26. The molecule has 2 atom stereocenters. The van der Waals surface area contributed by atoms with E-state index >= 15 is 0 Å². The fourth-order valence-corrected chi connectivity index (χ4v) is 2.37. The second-order valence-electron chi connectivity index (χ2n) is 4.22. The number of halogens is 1. The number of aromatic nitrogens is 2. The molecule has 0 spiro atoms. The van der Waals surface area contributed by atoms with E-state index in [1.54, 1.807) is 6.20 Å². The molecule has 0 aliphatic heterocycles.